The van der Waals surface area contributed by atoms with Gasteiger partial charge in [0.05, 0.1) is 21.9 Å². The lowest BCUT2D eigenvalue weighted by molar-refractivity contribution is 0.673. The maximum atomic E-state index is 9.46. The van der Waals surface area contributed by atoms with Gasteiger partial charge in [-0.1, -0.05) is 157 Å². The first-order valence-electron chi connectivity index (χ1n) is 22.9. The summed E-state index contributed by atoms with van der Waals surface area (Å²) in [5.41, 5.74) is 2.18. The fraction of sp³-hybridized carbons (Fsp3) is 0. The number of fused-ring (bicyclic) bond motifs is 8. The van der Waals surface area contributed by atoms with Gasteiger partial charge in [0.15, 0.2) is 0 Å². The first-order valence-corrected chi connectivity index (χ1v) is 14.9. The van der Waals surface area contributed by atoms with Crippen LogP contribution in [0.2, 0.25) is 0 Å². The Labute approximate surface area is 294 Å². The third kappa shape index (κ3) is 3.90. The highest BCUT2D eigenvalue weighted by Gasteiger charge is 2.21. The lowest BCUT2D eigenvalue weighted by atomic mass is 9.84. The third-order valence-electron chi connectivity index (χ3n) is 8.71. The molecule has 0 spiro atoms. The molecule has 1 aromatic heterocycles. The minimum atomic E-state index is -0.581. The lowest BCUT2D eigenvalue weighted by Crippen LogP contribution is -1.91. The fourth-order valence-corrected chi connectivity index (χ4v) is 6.70. The second-order valence-corrected chi connectivity index (χ2v) is 11.2. The van der Waals surface area contributed by atoms with Crippen LogP contribution in [-0.2, 0) is 0 Å². The van der Waals surface area contributed by atoms with Crippen molar-refractivity contribution < 1.29 is 26.3 Å². The number of hydrogen-bond acceptors (Lipinski definition) is 1. The van der Waals surface area contributed by atoms with Gasteiger partial charge < -0.3 is 4.42 Å². The van der Waals surface area contributed by atoms with Gasteiger partial charge in [-0.2, -0.15) is 0 Å². The van der Waals surface area contributed by atoms with Crippen molar-refractivity contribution in [2.24, 2.45) is 0 Å². The number of rotatable bonds is 3. The molecule has 0 unspecified atom stereocenters. The second-order valence-electron chi connectivity index (χ2n) is 11.2. The highest BCUT2D eigenvalue weighted by atomic mass is 16.3. The van der Waals surface area contributed by atoms with E-state index in [4.69, 9.17) is 23.6 Å². The van der Waals surface area contributed by atoms with E-state index in [1.54, 1.807) is 36.4 Å². The van der Waals surface area contributed by atoms with E-state index in [1.165, 1.54) is 0 Å². The molecular formula is C46H28O. The standard InChI is InChI=1S/C46H28O/c1-3-14-33-29(11-1)13-9-20-34(33)31-23-25-32(26-24-31)43-36-16-5-7-18-38(36)44(39-19-8-6-17-37(39)43)40-21-10-22-42-45(40)41-28-27-30-12-2-4-15-35(30)46(41)47-42/h1-28H/i1D,2D,3D,4D,9D,10D,11D,12D,13D,14D,15D,20D,21D,22D,27D,28D. The predicted molar refractivity (Wildman–Crippen MR) is 200 cm³/mol. The summed E-state index contributed by atoms with van der Waals surface area (Å²) in [7, 11) is 0. The summed E-state index contributed by atoms with van der Waals surface area (Å²) >= 11 is 0. The zero-order chi connectivity index (χ0) is 44.8. The van der Waals surface area contributed by atoms with Crippen molar-refractivity contribution in [1.82, 2.24) is 0 Å². The molecule has 0 saturated heterocycles. The normalized spacial score (nSPS) is 16.6. The number of benzene rings is 9. The molecule has 1 nitrogen and oxygen atoms in total. The Morgan fingerprint density at radius 2 is 0.936 bits per heavy atom. The first-order chi connectivity index (χ1) is 30.0. The minimum absolute atomic E-state index is 0.0292. The Morgan fingerprint density at radius 1 is 0.383 bits per heavy atom. The van der Waals surface area contributed by atoms with Gasteiger partial charge in [0, 0.05) is 16.2 Å². The first kappa shape index (κ1) is 14.9. The summed E-state index contributed by atoms with van der Waals surface area (Å²) < 4.78 is 146. The maximum Gasteiger partial charge on any atom is 0.143 e. The molecular weight excluding hydrogens is 569 g/mol. The summed E-state index contributed by atoms with van der Waals surface area (Å²) in [5, 5.41) is 2.11. The van der Waals surface area contributed by atoms with Gasteiger partial charge in [-0.3, -0.25) is 0 Å². The lowest BCUT2D eigenvalue weighted by Gasteiger charge is -2.18. The van der Waals surface area contributed by atoms with Crippen LogP contribution in [0.1, 0.15) is 21.9 Å². The minimum Gasteiger partial charge on any atom is -0.455 e. The van der Waals surface area contributed by atoms with E-state index in [2.05, 4.69) is 0 Å². The second kappa shape index (κ2) is 10.2. The molecule has 10 rings (SSSR count). The van der Waals surface area contributed by atoms with Gasteiger partial charge in [-0.25, -0.2) is 0 Å². The van der Waals surface area contributed by atoms with Crippen molar-refractivity contribution >= 4 is 65.0 Å². The van der Waals surface area contributed by atoms with E-state index < -0.39 is 84.6 Å². The van der Waals surface area contributed by atoms with E-state index in [-0.39, 0.29) is 66.7 Å². The van der Waals surface area contributed by atoms with E-state index >= 15 is 0 Å². The summed E-state index contributed by atoms with van der Waals surface area (Å²) in [6.45, 7) is 0. The summed E-state index contributed by atoms with van der Waals surface area (Å²) in [6.07, 6.45) is 0. The molecule has 1 heterocycles. The van der Waals surface area contributed by atoms with Crippen LogP contribution in [0.25, 0.3) is 98.4 Å². The van der Waals surface area contributed by atoms with Crippen LogP contribution in [0, 0.1) is 0 Å². The highest BCUT2D eigenvalue weighted by Crippen LogP contribution is 2.47. The maximum absolute atomic E-state index is 9.46. The zero-order valence-electron chi connectivity index (χ0n) is 40.3. The molecule has 0 aliphatic rings. The van der Waals surface area contributed by atoms with Gasteiger partial charge in [0.25, 0.3) is 0 Å². The van der Waals surface area contributed by atoms with Crippen LogP contribution in [0.15, 0.2) is 174 Å². The number of furan rings is 1. The van der Waals surface area contributed by atoms with Gasteiger partial charge in [0.1, 0.15) is 11.2 Å². The van der Waals surface area contributed by atoms with Gasteiger partial charge in [0.2, 0.25) is 0 Å². The molecule has 0 fully saturated rings. The molecule has 0 aliphatic heterocycles. The van der Waals surface area contributed by atoms with Gasteiger partial charge in [-0.05, 0) is 83.2 Å². The largest absolute Gasteiger partial charge is 0.455 e. The van der Waals surface area contributed by atoms with Crippen LogP contribution in [-0.4, -0.2) is 0 Å². The van der Waals surface area contributed by atoms with E-state index in [0.29, 0.717) is 38.2 Å². The third-order valence-corrected chi connectivity index (χ3v) is 8.71. The fourth-order valence-electron chi connectivity index (χ4n) is 6.70. The molecule has 0 amide bonds. The number of hydrogen-bond donors (Lipinski definition) is 0. The molecule has 10 aromatic rings. The summed E-state index contributed by atoms with van der Waals surface area (Å²) in [6, 6.07) is 14.1. The van der Waals surface area contributed by atoms with Crippen molar-refractivity contribution in [2.75, 3.05) is 0 Å². The molecule has 0 bridgehead atoms. The monoisotopic (exact) mass is 612 g/mol. The van der Waals surface area contributed by atoms with Crippen molar-refractivity contribution in [1.29, 1.82) is 0 Å². The van der Waals surface area contributed by atoms with Crippen molar-refractivity contribution in [3.63, 3.8) is 0 Å². The smallest absolute Gasteiger partial charge is 0.143 e. The summed E-state index contributed by atoms with van der Waals surface area (Å²) in [5.74, 6) is 0. The average Bonchev–Trinajstić information content (AvgIpc) is 3.68. The highest BCUT2D eigenvalue weighted by molar-refractivity contribution is 6.27. The predicted octanol–water partition coefficient (Wildman–Crippen LogP) is 13.2. The van der Waals surface area contributed by atoms with Crippen LogP contribution in [0.3, 0.4) is 0 Å². The van der Waals surface area contributed by atoms with Crippen molar-refractivity contribution in [2.45, 2.75) is 0 Å². The summed E-state index contributed by atoms with van der Waals surface area (Å²) in [4.78, 5) is 0. The van der Waals surface area contributed by atoms with Crippen molar-refractivity contribution in [3.05, 3.63) is 169 Å². The van der Waals surface area contributed by atoms with Gasteiger partial charge in [-0.15, -0.1) is 0 Å². The Balaban J connectivity index is 1.29. The van der Waals surface area contributed by atoms with Crippen LogP contribution in [0.5, 0.6) is 0 Å². The molecule has 1 heteroatoms. The average molecular weight is 613 g/mol. The quantitative estimate of drug-likeness (QED) is 0.181. The molecule has 9 aromatic carbocycles. The molecule has 47 heavy (non-hydrogen) atoms. The Kier molecular flexibility index (Phi) is 3.23. The van der Waals surface area contributed by atoms with Crippen LogP contribution >= 0.6 is 0 Å². The van der Waals surface area contributed by atoms with Crippen LogP contribution in [0.4, 0.5) is 0 Å². The van der Waals surface area contributed by atoms with E-state index in [0.717, 1.165) is 5.56 Å². The van der Waals surface area contributed by atoms with E-state index in [9.17, 15) is 2.74 Å². The van der Waals surface area contributed by atoms with Gasteiger partial charge >= 0.3 is 0 Å². The van der Waals surface area contributed by atoms with Crippen LogP contribution < -0.4 is 0 Å². The molecule has 0 atom stereocenters. The molecule has 0 saturated carbocycles. The Morgan fingerprint density at radius 3 is 1.66 bits per heavy atom. The SMILES string of the molecule is [2H]c1c([2H])c(-c2c3ccccc3c(-c3ccc(-c4c([2H])c([2H])c([2H])c5c([2H])c([2H])c([2H])c([2H])c45)cc3)c3ccccc23)c2c(oc3c4c([2H])c([2H])c([2H])c([2H])c4c([2H])c([2H])c32)c1[2H]. The van der Waals surface area contributed by atoms with Crippen molar-refractivity contribution in [3.8, 4) is 33.4 Å². The molecule has 218 valence electrons. The molecule has 0 aliphatic carbocycles. The molecule has 0 radical (unpaired) electrons. The zero-order valence-corrected chi connectivity index (χ0v) is 24.3. The Hall–Kier alpha value is -6.18. The Bertz CT molecular complexity index is 3680. The van der Waals surface area contributed by atoms with E-state index in [1.807, 2.05) is 36.4 Å². The molecule has 0 N–H and O–H groups in total. The topological polar surface area (TPSA) is 13.1 Å².